The van der Waals surface area contributed by atoms with E-state index in [9.17, 15) is 4.79 Å². The summed E-state index contributed by atoms with van der Waals surface area (Å²) in [7, 11) is 1.82. The summed E-state index contributed by atoms with van der Waals surface area (Å²) in [6.07, 6.45) is 0. The summed E-state index contributed by atoms with van der Waals surface area (Å²) in [5.41, 5.74) is 2.72. The van der Waals surface area contributed by atoms with Crippen molar-refractivity contribution in [2.75, 3.05) is 0 Å². The highest BCUT2D eigenvalue weighted by Gasteiger charge is 2.13. The lowest BCUT2D eigenvalue weighted by molar-refractivity contribution is 0.100. The van der Waals surface area contributed by atoms with E-state index < -0.39 is 0 Å². The number of hydrogen-bond acceptors (Lipinski definition) is 2. The Kier molecular flexibility index (Phi) is 2.27. The number of benzene rings is 1. The molecule has 0 fully saturated rings. The maximum atomic E-state index is 11.3. The Morgan fingerprint density at radius 2 is 2.13 bits per heavy atom. The van der Waals surface area contributed by atoms with Crippen molar-refractivity contribution < 1.29 is 4.79 Å². The summed E-state index contributed by atoms with van der Waals surface area (Å²) in [4.78, 5) is 15.6. The fourth-order valence-corrected chi connectivity index (χ4v) is 2.00. The van der Waals surface area contributed by atoms with Crippen molar-refractivity contribution >= 4 is 28.4 Å². The lowest BCUT2D eigenvalue weighted by atomic mass is 10.2. The number of aromatic nitrogens is 2. The standard InChI is InChI=1S/C11H11ClN2O/c1-6-4-8(12)5-9-10(6)13-11(7(2)15)14(9)3/h4-5H,1-3H3. The van der Waals surface area contributed by atoms with Gasteiger partial charge in [0.2, 0.25) is 0 Å². The number of ketones is 1. The third-order valence-electron chi connectivity index (χ3n) is 2.46. The average Bonchev–Trinajstić information content (AvgIpc) is 2.44. The first-order chi connectivity index (χ1) is 7.00. The molecule has 78 valence electrons. The molecule has 15 heavy (non-hydrogen) atoms. The minimum absolute atomic E-state index is 0.0378. The number of carbonyl (C=O) groups excluding carboxylic acids is 1. The molecule has 0 radical (unpaired) electrons. The summed E-state index contributed by atoms with van der Waals surface area (Å²) in [6, 6.07) is 3.67. The minimum Gasteiger partial charge on any atom is -0.325 e. The van der Waals surface area contributed by atoms with Gasteiger partial charge in [-0.2, -0.15) is 0 Å². The highest BCUT2D eigenvalue weighted by Crippen LogP contribution is 2.23. The van der Waals surface area contributed by atoms with Crippen LogP contribution in [0, 0.1) is 6.92 Å². The second-order valence-corrected chi connectivity index (χ2v) is 4.08. The van der Waals surface area contributed by atoms with Crippen LogP contribution in [0.4, 0.5) is 0 Å². The average molecular weight is 223 g/mol. The van der Waals surface area contributed by atoms with E-state index in [2.05, 4.69) is 4.98 Å². The van der Waals surface area contributed by atoms with Gasteiger partial charge >= 0.3 is 0 Å². The van der Waals surface area contributed by atoms with Crippen LogP contribution in [0.2, 0.25) is 5.02 Å². The molecule has 0 aliphatic rings. The Hall–Kier alpha value is -1.35. The van der Waals surface area contributed by atoms with E-state index in [1.807, 2.05) is 26.1 Å². The van der Waals surface area contributed by atoms with Gasteiger partial charge in [-0.1, -0.05) is 11.6 Å². The number of halogens is 1. The molecule has 0 saturated heterocycles. The highest BCUT2D eigenvalue weighted by molar-refractivity contribution is 6.31. The maximum absolute atomic E-state index is 11.3. The predicted molar refractivity (Wildman–Crippen MR) is 60.5 cm³/mol. The van der Waals surface area contributed by atoms with E-state index in [1.165, 1.54) is 6.92 Å². The molecule has 2 rings (SSSR count). The second kappa shape index (κ2) is 3.35. The molecule has 0 spiro atoms. The van der Waals surface area contributed by atoms with Gasteiger partial charge in [-0.15, -0.1) is 0 Å². The SMILES string of the molecule is CC(=O)c1nc2c(C)cc(Cl)cc2n1C. The van der Waals surface area contributed by atoms with E-state index >= 15 is 0 Å². The van der Waals surface area contributed by atoms with E-state index in [1.54, 1.807) is 4.57 Å². The van der Waals surface area contributed by atoms with Crippen molar-refractivity contribution in [2.45, 2.75) is 13.8 Å². The zero-order valence-electron chi connectivity index (χ0n) is 8.84. The van der Waals surface area contributed by atoms with Crippen LogP contribution in [0.15, 0.2) is 12.1 Å². The van der Waals surface area contributed by atoms with Crippen LogP contribution in [0.25, 0.3) is 11.0 Å². The Bertz CT molecular complexity index is 557. The molecule has 0 bridgehead atoms. The molecule has 0 amide bonds. The van der Waals surface area contributed by atoms with Crippen molar-refractivity contribution in [3.63, 3.8) is 0 Å². The second-order valence-electron chi connectivity index (χ2n) is 3.64. The number of Topliss-reactive ketones (excluding diaryl/α,β-unsaturated/α-hetero) is 1. The van der Waals surface area contributed by atoms with Crippen LogP contribution in [-0.2, 0) is 7.05 Å². The van der Waals surface area contributed by atoms with Crippen molar-refractivity contribution in [1.82, 2.24) is 9.55 Å². The quantitative estimate of drug-likeness (QED) is 0.696. The molecular weight excluding hydrogens is 212 g/mol. The lowest BCUT2D eigenvalue weighted by Gasteiger charge is -1.99. The Morgan fingerprint density at radius 3 is 2.73 bits per heavy atom. The first-order valence-electron chi connectivity index (χ1n) is 4.64. The monoisotopic (exact) mass is 222 g/mol. The predicted octanol–water partition coefficient (Wildman–Crippen LogP) is 2.74. The van der Waals surface area contributed by atoms with Crippen LogP contribution >= 0.6 is 11.6 Å². The molecule has 0 aliphatic heterocycles. The third-order valence-corrected chi connectivity index (χ3v) is 2.68. The van der Waals surface area contributed by atoms with Crippen LogP contribution < -0.4 is 0 Å². The van der Waals surface area contributed by atoms with Gasteiger partial charge in [0.1, 0.15) is 0 Å². The topological polar surface area (TPSA) is 34.9 Å². The molecular formula is C11H11ClN2O. The smallest absolute Gasteiger partial charge is 0.195 e. The van der Waals surface area contributed by atoms with Gasteiger partial charge in [0.25, 0.3) is 0 Å². The summed E-state index contributed by atoms with van der Waals surface area (Å²) in [6.45, 7) is 3.45. The van der Waals surface area contributed by atoms with Crippen LogP contribution in [0.3, 0.4) is 0 Å². The Labute approximate surface area is 92.7 Å². The number of imidazole rings is 1. The maximum Gasteiger partial charge on any atom is 0.195 e. The number of hydrogen-bond donors (Lipinski definition) is 0. The number of fused-ring (bicyclic) bond motifs is 1. The van der Waals surface area contributed by atoms with Gasteiger partial charge in [-0.05, 0) is 24.6 Å². The molecule has 0 saturated carbocycles. The van der Waals surface area contributed by atoms with Crippen molar-refractivity contribution in [3.8, 4) is 0 Å². The zero-order chi connectivity index (χ0) is 11.2. The molecule has 1 aromatic heterocycles. The van der Waals surface area contributed by atoms with E-state index in [-0.39, 0.29) is 5.78 Å². The number of aryl methyl sites for hydroxylation is 2. The van der Waals surface area contributed by atoms with Gasteiger partial charge < -0.3 is 4.57 Å². The molecule has 4 heteroatoms. The minimum atomic E-state index is -0.0378. The molecule has 3 nitrogen and oxygen atoms in total. The molecule has 0 unspecified atom stereocenters. The fraction of sp³-hybridized carbons (Fsp3) is 0.273. The third kappa shape index (κ3) is 1.53. The summed E-state index contributed by atoms with van der Waals surface area (Å²) >= 11 is 5.96. The first kappa shape index (κ1) is 10.2. The van der Waals surface area contributed by atoms with E-state index in [0.29, 0.717) is 10.8 Å². The zero-order valence-corrected chi connectivity index (χ0v) is 9.59. The molecule has 1 heterocycles. The lowest BCUT2D eigenvalue weighted by Crippen LogP contribution is -2.02. The van der Waals surface area contributed by atoms with Crippen LogP contribution in [-0.4, -0.2) is 15.3 Å². The van der Waals surface area contributed by atoms with Crippen molar-refractivity contribution in [3.05, 3.63) is 28.5 Å². The summed E-state index contributed by atoms with van der Waals surface area (Å²) in [5.74, 6) is 0.430. The fourth-order valence-electron chi connectivity index (χ4n) is 1.73. The van der Waals surface area contributed by atoms with E-state index in [4.69, 9.17) is 11.6 Å². The van der Waals surface area contributed by atoms with Crippen molar-refractivity contribution in [2.24, 2.45) is 7.05 Å². The molecule has 0 atom stereocenters. The molecule has 2 aromatic rings. The normalized spacial score (nSPS) is 10.9. The highest BCUT2D eigenvalue weighted by atomic mass is 35.5. The Morgan fingerprint density at radius 1 is 1.47 bits per heavy atom. The molecule has 0 aliphatic carbocycles. The van der Waals surface area contributed by atoms with Crippen LogP contribution in [0.5, 0.6) is 0 Å². The first-order valence-corrected chi connectivity index (χ1v) is 5.02. The summed E-state index contributed by atoms with van der Waals surface area (Å²) in [5, 5.41) is 0.665. The van der Waals surface area contributed by atoms with Gasteiger partial charge in [0.15, 0.2) is 11.6 Å². The summed E-state index contributed by atoms with van der Waals surface area (Å²) < 4.78 is 1.77. The Balaban J connectivity index is 2.88. The molecule has 0 N–H and O–H groups in total. The number of carbonyl (C=O) groups is 1. The van der Waals surface area contributed by atoms with Gasteiger partial charge in [-0.3, -0.25) is 4.79 Å². The van der Waals surface area contributed by atoms with Gasteiger partial charge in [0.05, 0.1) is 11.0 Å². The number of rotatable bonds is 1. The van der Waals surface area contributed by atoms with Gasteiger partial charge in [0, 0.05) is 19.0 Å². The van der Waals surface area contributed by atoms with E-state index in [0.717, 1.165) is 16.6 Å². The van der Waals surface area contributed by atoms with Gasteiger partial charge in [-0.25, -0.2) is 4.98 Å². The largest absolute Gasteiger partial charge is 0.325 e. The molecule has 1 aromatic carbocycles. The van der Waals surface area contributed by atoms with Crippen molar-refractivity contribution in [1.29, 1.82) is 0 Å². The van der Waals surface area contributed by atoms with Crippen LogP contribution in [0.1, 0.15) is 23.1 Å². The number of nitrogens with zero attached hydrogens (tertiary/aromatic N) is 2.